The lowest BCUT2D eigenvalue weighted by molar-refractivity contribution is -0.118. The van der Waals surface area contributed by atoms with Crippen LogP contribution in [-0.2, 0) is 4.79 Å². The highest BCUT2D eigenvalue weighted by Gasteiger charge is 2.28. The number of rotatable bonds is 3. The molecular weight excluding hydrogens is 396 g/mol. The number of thiazole rings is 1. The van der Waals surface area contributed by atoms with Crippen molar-refractivity contribution in [1.29, 1.82) is 5.26 Å². The summed E-state index contributed by atoms with van der Waals surface area (Å²) >= 11 is 7.38. The van der Waals surface area contributed by atoms with Gasteiger partial charge in [-0.15, -0.1) is 11.3 Å². The van der Waals surface area contributed by atoms with Gasteiger partial charge in [0.15, 0.2) is 5.01 Å². The summed E-state index contributed by atoms with van der Waals surface area (Å²) in [6.07, 6.45) is 0. The molecule has 0 unspecified atom stereocenters. The van der Waals surface area contributed by atoms with Gasteiger partial charge in [-0.25, -0.2) is 4.98 Å². The SMILES string of the molecule is N#Cc1cccc(-c2sc(C(=O)N3CNC(=O)C3)nc2-c2cccc(Cl)c2)c1. The van der Waals surface area contributed by atoms with Crippen molar-refractivity contribution in [1.82, 2.24) is 15.2 Å². The lowest BCUT2D eigenvalue weighted by Gasteiger charge is -2.10. The smallest absolute Gasteiger partial charge is 0.284 e. The molecule has 1 aliphatic heterocycles. The Morgan fingerprint density at radius 3 is 2.71 bits per heavy atom. The fourth-order valence-corrected chi connectivity index (χ4v) is 4.16. The Morgan fingerprint density at radius 2 is 2.00 bits per heavy atom. The van der Waals surface area contributed by atoms with Crippen LogP contribution in [-0.4, -0.2) is 34.9 Å². The van der Waals surface area contributed by atoms with Gasteiger partial charge < -0.3 is 10.2 Å². The molecule has 0 aliphatic carbocycles. The zero-order valence-corrected chi connectivity index (χ0v) is 16.0. The van der Waals surface area contributed by atoms with Crippen LogP contribution in [0.15, 0.2) is 48.5 Å². The minimum absolute atomic E-state index is 0.0180. The van der Waals surface area contributed by atoms with Gasteiger partial charge in [0, 0.05) is 10.6 Å². The summed E-state index contributed by atoms with van der Waals surface area (Å²) in [5.74, 6) is -0.503. The van der Waals surface area contributed by atoms with Gasteiger partial charge >= 0.3 is 0 Å². The summed E-state index contributed by atoms with van der Waals surface area (Å²) in [7, 11) is 0. The second kappa shape index (κ2) is 7.43. The summed E-state index contributed by atoms with van der Waals surface area (Å²) in [4.78, 5) is 31.0. The van der Waals surface area contributed by atoms with Crippen molar-refractivity contribution < 1.29 is 9.59 Å². The molecule has 4 rings (SSSR count). The molecule has 0 bridgehead atoms. The number of halogens is 1. The maximum atomic E-state index is 12.8. The van der Waals surface area contributed by atoms with Crippen LogP contribution in [0.3, 0.4) is 0 Å². The minimum atomic E-state index is -0.311. The maximum absolute atomic E-state index is 12.8. The van der Waals surface area contributed by atoms with Crippen molar-refractivity contribution in [2.75, 3.05) is 13.2 Å². The van der Waals surface area contributed by atoms with Crippen LogP contribution < -0.4 is 5.32 Å². The van der Waals surface area contributed by atoms with E-state index in [4.69, 9.17) is 11.6 Å². The average Bonchev–Trinajstić information content (AvgIpc) is 3.34. The molecule has 1 N–H and O–H groups in total. The van der Waals surface area contributed by atoms with Gasteiger partial charge in [0.25, 0.3) is 5.91 Å². The molecule has 28 heavy (non-hydrogen) atoms. The maximum Gasteiger partial charge on any atom is 0.284 e. The van der Waals surface area contributed by atoms with E-state index in [0.29, 0.717) is 16.3 Å². The number of nitrogens with zero attached hydrogens (tertiary/aromatic N) is 3. The summed E-state index contributed by atoms with van der Waals surface area (Å²) in [5, 5.41) is 12.7. The summed E-state index contributed by atoms with van der Waals surface area (Å²) in [5.41, 5.74) is 2.70. The minimum Gasteiger partial charge on any atom is -0.337 e. The normalized spacial score (nSPS) is 13.3. The molecule has 1 aliphatic rings. The molecule has 2 aromatic carbocycles. The van der Waals surface area contributed by atoms with E-state index < -0.39 is 0 Å². The molecule has 3 aromatic rings. The van der Waals surface area contributed by atoms with Gasteiger partial charge in [-0.1, -0.05) is 35.9 Å². The number of benzene rings is 2. The first-order valence-electron chi connectivity index (χ1n) is 8.38. The van der Waals surface area contributed by atoms with E-state index in [9.17, 15) is 14.9 Å². The van der Waals surface area contributed by atoms with Gasteiger partial charge in [0.05, 0.1) is 28.9 Å². The molecule has 8 heteroatoms. The highest BCUT2D eigenvalue weighted by Crippen LogP contribution is 2.38. The van der Waals surface area contributed by atoms with E-state index >= 15 is 0 Å². The topological polar surface area (TPSA) is 86.1 Å². The molecular formula is C20H13ClN4O2S. The van der Waals surface area contributed by atoms with Crippen LogP contribution in [0.2, 0.25) is 5.02 Å². The number of carbonyl (C=O) groups is 2. The summed E-state index contributed by atoms with van der Waals surface area (Å²) < 4.78 is 0. The Bertz CT molecular complexity index is 1140. The Balaban J connectivity index is 1.83. The Hall–Kier alpha value is -3.21. The van der Waals surface area contributed by atoms with Crippen LogP contribution in [0.4, 0.5) is 0 Å². The summed E-state index contributed by atoms with van der Waals surface area (Å²) in [6, 6.07) is 16.5. The number of carbonyl (C=O) groups excluding carboxylic acids is 2. The quantitative estimate of drug-likeness (QED) is 0.718. The lowest BCUT2D eigenvalue weighted by atomic mass is 10.1. The molecule has 0 spiro atoms. The Morgan fingerprint density at radius 1 is 1.21 bits per heavy atom. The third kappa shape index (κ3) is 3.48. The Kier molecular flexibility index (Phi) is 4.82. The molecule has 2 heterocycles. The van der Waals surface area contributed by atoms with Gasteiger partial charge in [-0.2, -0.15) is 5.26 Å². The third-order valence-electron chi connectivity index (χ3n) is 4.25. The van der Waals surface area contributed by atoms with Gasteiger partial charge in [0.1, 0.15) is 6.54 Å². The fourth-order valence-electron chi connectivity index (χ4n) is 2.92. The highest BCUT2D eigenvalue weighted by atomic mass is 35.5. The van der Waals surface area contributed by atoms with Gasteiger partial charge in [0.2, 0.25) is 5.91 Å². The molecule has 1 saturated heterocycles. The fraction of sp³-hybridized carbons (Fsp3) is 0.100. The van der Waals surface area contributed by atoms with Crippen molar-refractivity contribution >= 4 is 34.8 Å². The number of nitrogens with one attached hydrogen (secondary N) is 1. The number of hydrogen-bond donors (Lipinski definition) is 1. The van der Waals surface area contributed by atoms with Crippen LogP contribution in [0.1, 0.15) is 15.4 Å². The van der Waals surface area contributed by atoms with Crippen molar-refractivity contribution in [3.8, 4) is 27.8 Å². The monoisotopic (exact) mass is 408 g/mol. The van der Waals surface area contributed by atoms with Crippen molar-refractivity contribution in [3.05, 3.63) is 64.1 Å². The molecule has 0 atom stereocenters. The first-order valence-corrected chi connectivity index (χ1v) is 9.58. The predicted molar refractivity (Wildman–Crippen MR) is 107 cm³/mol. The second-order valence-electron chi connectivity index (χ2n) is 6.16. The number of aromatic nitrogens is 1. The molecule has 1 fully saturated rings. The number of nitriles is 1. The van der Waals surface area contributed by atoms with E-state index in [-0.39, 0.29) is 30.0 Å². The average molecular weight is 409 g/mol. The predicted octanol–water partition coefficient (Wildman–Crippen LogP) is 3.53. The summed E-state index contributed by atoms with van der Waals surface area (Å²) in [6.45, 7) is 0.188. The van der Waals surface area contributed by atoms with Crippen LogP contribution in [0.5, 0.6) is 0 Å². The first-order chi connectivity index (χ1) is 13.5. The van der Waals surface area contributed by atoms with Crippen molar-refractivity contribution in [2.45, 2.75) is 0 Å². The van der Waals surface area contributed by atoms with E-state index in [1.165, 1.54) is 16.2 Å². The molecule has 1 aromatic heterocycles. The largest absolute Gasteiger partial charge is 0.337 e. The third-order valence-corrected chi connectivity index (χ3v) is 5.58. The molecule has 138 valence electrons. The second-order valence-corrected chi connectivity index (χ2v) is 7.60. The number of amides is 2. The molecule has 0 radical (unpaired) electrons. The molecule has 2 amide bonds. The van der Waals surface area contributed by atoms with Crippen molar-refractivity contribution in [3.63, 3.8) is 0 Å². The molecule has 6 nitrogen and oxygen atoms in total. The van der Waals surface area contributed by atoms with E-state index in [1.54, 1.807) is 30.3 Å². The van der Waals surface area contributed by atoms with Gasteiger partial charge in [-0.3, -0.25) is 9.59 Å². The standard InChI is InChI=1S/C20H13ClN4O2S/c21-15-6-2-4-13(8-15)17-18(14-5-1-3-12(7-14)9-22)28-19(24-17)20(27)25-10-16(26)23-11-25/h1-8H,10-11H2,(H,23,26). The highest BCUT2D eigenvalue weighted by molar-refractivity contribution is 7.17. The van der Waals surface area contributed by atoms with Crippen LogP contribution in [0, 0.1) is 11.3 Å². The van der Waals surface area contributed by atoms with Crippen molar-refractivity contribution in [2.24, 2.45) is 0 Å². The zero-order chi connectivity index (χ0) is 19.7. The van der Waals surface area contributed by atoms with E-state index in [1.807, 2.05) is 18.2 Å². The van der Waals surface area contributed by atoms with Crippen LogP contribution in [0.25, 0.3) is 21.7 Å². The Labute approximate surface area is 170 Å². The zero-order valence-electron chi connectivity index (χ0n) is 14.5. The molecule has 0 saturated carbocycles. The number of hydrogen-bond acceptors (Lipinski definition) is 5. The van der Waals surface area contributed by atoms with E-state index in [0.717, 1.165) is 16.0 Å². The van der Waals surface area contributed by atoms with Gasteiger partial charge in [-0.05, 0) is 29.8 Å². The lowest BCUT2D eigenvalue weighted by Crippen LogP contribution is -2.29. The van der Waals surface area contributed by atoms with E-state index in [2.05, 4.69) is 16.4 Å². The first kappa shape index (κ1) is 18.2. The van der Waals surface area contributed by atoms with Crippen LogP contribution >= 0.6 is 22.9 Å².